The lowest BCUT2D eigenvalue weighted by molar-refractivity contribution is 0.0994. The van der Waals surface area contributed by atoms with E-state index in [0.29, 0.717) is 12.5 Å². The Kier molecular flexibility index (Phi) is 5.34. The van der Waals surface area contributed by atoms with Gasteiger partial charge in [0.05, 0.1) is 0 Å². The van der Waals surface area contributed by atoms with Gasteiger partial charge < -0.3 is 5.32 Å². The molecule has 0 fully saturated rings. The molecule has 2 aromatic rings. The van der Waals surface area contributed by atoms with Gasteiger partial charge in [0.1, 0.15) is 0 Å². The van der Waals surface area contributed by atoms with E-state index >= 15 is 0 Å². The number of carbonyl (C=O) groups excluding carboxylic acids is 1. The Morgan fingerprint density at radius 3 is 2.39 bits per heavy atom. The molecule has 2 aliphatic rings. The molecule has 1 N–H and O–H groups in total. The third kappa shape index (κ3) is 3.76. The second-order valence-corrected chi connectivity index (χ2v) is 7.78. The second kappa shape index (κ2) is 7.29. The molecule has 2 aliphatic carbocycles. The fraction of sp³-hybridized carbons (Fsp3) is 0.316. The van der Waals surface area contributed by atoms with Crippen LogP contribution >= 0.6 is 31.9 Å². The first-order chi connectivity index (χ1) is 11.1. The van der Waals surface area contributed by atoms with Gasteiger partial charge in [-0.2, -0.15) is 0 Å². The maximum atomic E-state index is 11.2. The average molecular weight is 437 g/mol. The monoisotopic (exact) mass is 435 g/mol. The minimum Gasteiger partial charge on any atom is -0.313 e. The molecule has 120 valence electrons. The number of rotatable bonds is 1. The summed E-state index contributed by atoms with van der Waals surface area (Å²) in [6, 6.07) is 13.0. The predicted molar refractivity (Wildman–Crippen MR) is 101 cm³/mol. The van der Waals surface area contributed by atoms with Gasteiger partial charge in [-0.1, -0.05) is 44.0 Å². The van der Waals surface area contributed by atoms with Crippen LogP contribution in [-0.2, 0) is 12.8 Å². The fourth-order valence-electron chi connectivity index (χ4n) is 3.31. The van der Waals surface area contributed by atoms with E-state index in [9.17, 15) is 4.79 Å². The lowest BCUT2D eigenvalue weighted by atomic mass is 10.1. The van der Waals surface area contributed by atoms with Gasteiger partial charge in [-0.15, -0.1) is 0 Å². The van der Waals surface area contributed by atoms with Crippen molar-refractivity contribution < 1.29 is 4.79 Å². The third-order valence-corrected chi connectivity index (χ3v) is 5.51. The smallest absolute Gasteiger partial charge is 0.163 e. The minimum absolute atomic E-state index is 0.285. The Labute approximate surface area is 153 Å². The van der Waals surface area contributed by atoms with Crippen molar-refractivity contribution in [3.05, 3.63) is 67.6 Å². The van der Waals surface area contributed by atoms with Gasteiger partial charge in [-0.25, -0.2) is 0 Å². The van der Waals surface area contributed by atoms with Crippen molar-refractivity contribution in [1.29, 1.82) is 0 Å². The molecule has 0 amide bonds. The number of ketones is 1. The quantitative estimate of drug-likeness (QED) is 0.662. The Morgan fingerprint density at radius 1 is 0.957 bits per heavy atom. The van der Waals surface area contributed by atoms with Crippen LogP contribution < -0.4 is 5.32 Å². The molecule has 0 spiro atoms. The van der Waals surface area contributed by atoms with Crippen molar-refractivity contribution in [2.45, 2.75) is 31.7 Å². The Hall–Kier alpha value is -0.970. The van der Waals surface area contributed by atoms with E-state index in [4.69, 9.17) is 0 Å². The van der Waals surface area contributed by atoms with Crippen LogP contribution in [0.25, 0.3) is 0 Å². The molecule has 0 heterocycles. The molecule has 0 aromatic heterocycles. The molecule has 0 radical (unpaired) electrons. The topological polar surface area (TPSA) is 29.1 Å². The molecule has 0 aliphatic heterocycles. The van der Waals surface area contributed by atoms with Gasteiger partial charge >= 0.3 is 0 Å². The first-order valence-electron chi connectivity index (χ1n) is 7.85. The number of halogens is 2. The molecule has 2 aromatic carbocycles. The lowest BCUT2D eigenvalue weighted by Gasteiger charge is -2.09. The number of fused-ring (bicyclic) bond motifs is 2. The molecule has 4 rings (SSSR count). The van der Waals surface area contributed by atoms with Crippen LogP contribution in [-0.4, -0.2) is 12.8 Å². The van der Waals surface area contributed by atoms with Crippen molar-refractivity contribution >= 4 is 37.6 Å². The van der Waals surface area contributed by atoms with Crippen LogP contribution in [0.4, 0.5) is 0 Å². The highest BCUT2D eigenvalue weighted by Crippen LogP contribution is 2.32. The molecule has 23 heavy (non-hydrogen) atoms. The summed E-state index contributed by atoms with van der Waals surface area (Å²) in [7, 11) is 2.03. The lowest BCUT2D eigenvalue weighted by Crippen LogP contribution is -2.12. The van der Waals surface area contributed by atoms with Crippen molar-refractivity contribution in [1.82, 2.24) is 5.32 Å². The van der Waals surface area contributed by atoms with Crippen LogP contribution in [0.3, 0.4) is 0 Å². The van der Waals surface area contributed by atoms with E-state index in [1.54, 1.807) is 0 Å². The molecule has 1 atom stereocenters. The van der Waals surface area contributed by atoms with Gasteiger partial charge in [0, 0.05) is 27.0 Å². The molecular weight excluding hydrogens is 418 g/mol. The highest BCUT2D eigenvalue weighted by atomic mass is 79.9. The van der Waals surface area contributed by atoms with E-state index < -0.39 is 0 Å². The van der Waals surface area contributed by atoms with E-state index in [-0.39, 0.29) is 5.78 Å². The highest BCUT2D eigenvalue weighted by molar-refractivity contribution is 9.10. The summed E-state index contributed by atoms with van der Waals surface area (Å²) >= 11 is 6.86. The van der Waals surface area contributed by atoms with Gasteiger partial charge in [-0.05, 0) is 67.3 Å². The Bertz CT molecular complexity index is 742. The van der Waals surface area contributed by atoms with Crippen LogP contribution in [0.15, 0.2) is 45.3 Å². The first kappa shape index (κ1) is 16.9. The molecule has 0 saturated heterocycles. The van der Waals surface area contributed by atoms with Crippen molar-refractivity contribution in [3.8, 4) is 0 Å². The summed E-state index contributed by atoms with van der Waals surface area (Å²) in [5.41, 5.74) is 5.06. The second-order valence-electron chi connectivity index (χ2n) is 5.95. The number of Topliss-reactive ketones (excluding diaryl/α,β-unsaturated/α-hetero) is 1. The first-order valence-corrected chi connectivity index (χ1v) is 9.44. The maximum absolute atomic E-state index is 11.2. The van der Waals surface area contributed by atoms with E-state index in [2.05, 4.69) is 55.4 Å². The minimum atomic E-state index is 0.285. The summed E-state index contributed by atoms with van der Waals surface area (Å²) < 4.78 is 2.25. The van der Waals surface area contributed by atoms with Gasteiger partial charge in [0.2, 0.25) is 0 Å². The maximum Gasteiger partial charge on any atom is 0.163 e. The van der Waals surface area contributed by atoms with Crippen LogP contribution in [0.5, 0.6) is 0 Å². The zero-order valence-corrected chi connectivity index (χ0v) is 16.2. The normalized spacial score (nSPS) is 18.2. The molecule has 1 unspecified atom stereocenters. The summed E-state index contributed by atoms with van der Waals surface area (Å²) in [4.78, 5) is 11.2. The van der Waals surface area contributed by atoms with E-state index in [0.717, 1.165) is 16.5 Å². The van der Waals surface area contributed by atoms with Gasteiger partial charge in [-0.3, -0.25) is 4.79 Å². The van der Waals surface area contributed by atoms with Gasteiger partial charge in [0.25, 0.3) is 0 Å². The summed E-state index contributed by atoms with van der Waals surface area (Å²) in [5, 5.41) is 3.32. The van der Waals surface area contributed by atoms with Crippen molar-refractivity contribution in [2.75, 3.05) is 7.05 Å². The third-order valence-electron chi connectivity index (χ3n) is 4.52. The van der Waals surface area contributed by atoms with Gasteiger partial charge in [0.15, 0.2) is 5.78 Å². The predicted octanol–water partition coefficient (Wildman–Crippen LogP) is 5.23. The van der Waals surface area contributed by atoms with E-state index in [1.165, 1.54) is 34.0 Å². The largest absolute Gasteiger partial charge is 0.313 e. The SMILES string of the molecule is CNC1CCc2cc(Br)ccc21.O=C1CCc2cc(Br)ccc21. The van der Waals surface area contributed by atoms with Crippen molar-refractivity contribution in [3.63, 3.8) is 0 Å². The highest BCUT2D eigenvalue weighted by Gasteiger charge is 2.20. The molecule has 2 nitrogen and oxygen atoms in total. The molecule has 0 bridgehead atoms. The number of carbonyl (C=O) groups is 1. The zero-order valence-electron chi connectivity index (χ0n) is 13.0. The number of aryl methyl sites for hydroxylation is 2. The molecule has 0 saturated carbocycles. The average Bonchev–Trinajstić information content (AvgIpc) is 3.11. The molecular formula is C19H19Br2NO. The van der Waals surface area contributed by atoms with Crippen LogP contribution in [0.2, 0.25) is 0 Å². The number of hydrogen-bond acceptors (Lipinski definition) is 2. The standard InChI is InChI=1S/C10H12BrN.C9H7BrO/c1-12-10-5-2-7-6-8(11)3-4-9(7)10;10-7-2-3-8-6(5-7)1-4-9(8)11/h3-4,6,10,12H,2,5H2,1H3;2-3,5H,1,4H2. The fourth-order valence-corrected chi connectivity index (χ4v) is 4.13. The molecule has 4 heteroatoms. The Morgan fingerprint density at radius 2 is 1.65 bits per heavy atom. The number of hydrogen-bond donors (Lipinski definition) is 1. The van der Waals surface area contributed by atoms with Crippen molar-refractivity contribution in [2.24, 2.45) is 0 Å². The number of nitrogens with one attached hydrogen (secondary N) is 1. The summed E-state index contributed by atoms with van der Waals surface area (Å²) in [6.45, 7) is 0. The van der Waals surface area contributed by atoms with Crippen LogP contribution in [0, 0.1) is 0 Å². The number of benzene rings is 2. The van der Waals surface area contributed by atoms with Crippen LogP contribution in [0.1, 0.15) is 45.9 Å². The summed E-state index contributed by atoms with van der Waals surface area (Å²) in [5.74, 6) is 0.285. The Balaban J connectivity index is 0.000000136. The zero-order chi connectivity index (χ0) is 16.4. The van der Waals surface area contributed by atoms with E-state index in [1.807, 2.05) is 25.2 Å². The summed E-state index contributed by atoms with van der Waals surface area (Å²) in [6.07, 6.45) is 4.04.